The van der Waals surface area contributed by atoms with Gasteiger partial charge in [-0.3, -0.25) is 0 Å². The summed E-state index contributed by atoms with van der Waals surface area (Å²) in [5.41, 5.74) is 1.88. The molecule has 0 saturated heterocycles. The first-order valence-corrected chi connectivity index (χ1v) is 5.05. The van der Waals surface area contributed by atoms with Crippen molar-refractivity contribution in [2.45, 2.75) is 26.0 Å². The monoisotopic (exact) mass is 213 g/mol. The third-order valence-corrected chi connectivity index (χ3v) is 2.87. The SMILES string of the molecule is CN[C@@H](C)C(O)c1ccc(C)c(Cl)c1. The summed E-state index contributed by atoms with van der Waals surface area (Å²) in [7, 11) is 1.82. The lowest BCUT2D eigenvalue weighted by molar-refractivity contribution is 0.140. The van der Waals surface area contributed by atoms with E-state index in [2.05, 4.69) is 5.32 Å². The molecule has 2 nitrogen and oxygen atoms in total. The van der Waals surface area contributed by atoms with Gasteiger partial charge in [0.05, 0.1) is 6.10 Å². The Kier molecular flexibility index (Phi) is 3.93. The van der Waals surface area contributed by atoms with Gasteiger partial charge in [0.25, 0.3) is 0 Å². The number of aliphatic hydroxyl groups excluding tert-OH is 1. The number of hydrogen-bond donors (Lipinski definition) is 2. The van der Waals surface area contributed by atoms with Crippen LogP contribution in [0.2, 0.25) is 5.02 Å². The Morgan fingerprint density at radius 3 is 2.57 bits per heavy atom. The highest BCUT2D eigenvalue weighted by molar-refractivity contribution is 6.31. The van der Waals surface area contributed by atoms with Crippen molar-refractivity contribution in [1.29, 1.82) is 0 Å². The summed E-state index contributed by atoms with van der Waals surface area (Å²) >= 11 is 5.97. The van der Waals surface area contributed by atoms with Crippen LogP contribution in [0.5, 0.6) is 0 Å². The smallest absolute Gasteiger partial charge is 0.0940 e. The van der Waals surface area contributed by atoms with E-state index in [-0.39, 0.29) is 6.04 Å². The molecule has 0 heterocycles. The van der Waals surface area contributed by atoms with E-state index in [0.29, 0.717) is 5.02 Å². The lowest BCUT2D eigenvalue weighted by Gasteiger charge is -2.18. The highest BCUT2D eigenvalue weighted by Gasteiger charge is 2.14. The second kappa shape index (κ2) is 4.78. The summed E-state index contributed by atoms with van der Waals surface area (Å²) in [5, 5.41) is 13.6. The molecule has 1 rings (SSSR count). The Hall–Kier alpha value is -0.570. The number of halogens is 1. The first kappa shape index (κ1) is 11.5. The summed E-state index contributed by atoms with van der Waals surface area (Å²) in [6, 6.07) is 5.66. The van der Waals surface area contributed by atoms with Crippen LogP contribution in [0.4, 0.5) is 0 Å². The average molecular weight is 214 g/mol. The van der Waals surface area contributed by atoms with Gasteiger partial charge in [0.2, 0.25) is 0 Å². The maximum atomic E-state index is 9.88. The van der Waals surface area contributed by atoms with E-state index in [0.717, 1.165) is 11.1 Å². The van der Waals surface area contributed by atoms with Gasteiger partial charge in [-0.15, -0.1) is 0 Å². The Bertz CT molecular complexity index is 314. The van der Waals surface area contributed by atoms with Gasteiger partial charge in [-0.25, -0.2) is 0 Å². The molecule has 0 radical (unpaired) electrons. The van der Waals surface area contributed by atoms with Gasteiger partial charge >= 0.3 is 0 Å². The quantitative estimate of drug-likeness (QED) is 0.808. The van der Waals surface area contributed by atoms with Crippen molar-refractivity contribution < 1.29 is 5.11 Å². The molecule has 2 N–H and O–H groups in total. The van der Waals surface area contributed by atoms with Gasteiger partial charge in [0, 0.05) is 11.1 Å². The van der Waals surface area contributed by atoms with Crippen LogP contribution in [-0.4, -0.2) is 18.2 Å². The van der Waals surface area contributed by atoms with E-state index in [1.165, 1.54) is 0 Å². The largest absolute Gasteiger partial charge is 0.387 e. The fourth-order valence-electron chi connectivity index (χ4n) is 1.24. The summed E-state index contributed by atoms with van der Waals surface area (Å²) < 4.78 is 0. The number of aliphatic hydroxyl groups is 1. The molecule has 3 heteroatoms. The number of aryl methyl sites for hydroxylation is 1. The minimum atomic E-state index is -0.516. The Morgan fingerprint density at radius 1 is 1.43 bits per heavy atom. The molecule has 1 aromatic rings. The van der Waals surface area contributed by atoms with Crippen molar-refractivity contribution in [3.05, 3.63) is 34.3 Å². The fourth-order valence-corrected chi connectivity index (χ4v) is 1.43. The predicted molar refractivity (Wildman–Crippen MR) is 59.7 cm³/mol. The highest BCUT2D eigenvalue weighted by atomic mass is 35.5. The van der Waals surface area contributed by atoms with Crippen molar-refractivity contribution in [3.8, 4) is 0 Å². The summed E-state index contributed by atoms with van der Waals surface area (Å²) in [4.78, 5) is 0. The van der Waals surface area contributed by atoms with E-state index in [1.54, 1.807) is 0 Å². The minimum Gasteiger partial charge on any atom is -0.387 e. The van der Waals surface area contributed by atoms with Gasteiger partial charge in [-0.05, 0) is 38.1 Å². The van der Waals surface area contributed by atoms with Crippen LogP contribution >= 0.6 is 11.6 Å². The first-order valence-electron chi connectivity index (χ1n) is 4.67. The van der Waals surface area contributed by atoms with E-state index < -0.39 is 6.10 Å². The maximum Gasteiger partial charge on any atom is 0.0940 e. The molecule has 0 fully saturated rings. The summed E-state index contributed by atoms with van der Waals surface area (Å²) in [5.74, 6) is 0. The summed E-state index contributed by atoms with van der Waals surface area (Å²) in [6.07, 6.45) is -0.516. The van der Waals surface area contributed by atoms with Crippen LogP contribution in [-0.2, 0) is 0 Å². The van der Waals surface area contributed by atoms with Crippen LogP contribution < -0.4 is 5.32 Å². The molecule has 0 spiro atoms. The fraction of sp³-hybridized carbons (Fsp3) is 0.455. The van der Waals surface area contributed by atoms with Crippen LogP contribution in [0.3, 0.4) is 0 Å². The normalized spacial score (nSPS) is 15.2. The van der Waals surface area contributed by atoms with Gasteiger partial charge in [-0.2, -0.15) is 0 Å². The predicted octanol–water partition coefficient (Wildman–Crippen LogP) is 2.29. The zero-order valence-corrected chi connectivity index (χ0v) is 9.47. The molecular formula is C11H16ClNO. The number of nitrogens with one attached hydrogen (secondary N) is 1. The van der Waals surface area contributed by atoms with Crippen molar-refractivity contribution in [2.24, 2.45) is 0 Å². The number of benzene rings is 1. The number of likely N-dealkylation sites (N-methyl/N-ethyl adjacent to an activating group) is 1. The minimum absolute atomic E-state index is 0.0220. The highest BCUT2D eigenvalue weighted by Crippen LogP contribution is 2.23. The van der Waals surface area contributed by atoms with Crippen LogP contribution in [0.1, 0.15) is 24.2 Å². The van der Waals surface area contributed by atoms with Gasteiger partial charge in [-0.1, -0.05) is 23.7 Å². The molecule has 14 heavy (non-hydrogen) atoms. The topological polar surface area (TPSA) is 32.3 Å². The molecule has 0 aliphatic rings. The Morgan fingerprint density at radius 2 is 2.07 bits per heavy atom. The molecule has 0 amide bonds. The lowest BCUT2D eigenvalue weighted by Crippen LogP contribution is -2.28. The second-order valence-corrected chi connectivity index (χ2v) is 3.94. The Labute approximate surface area is 89.9 Å². The molecule has 0 aromatic heterocycles. The van der Waals surface area contributed by atoms with E-state index in [9.17, 15) is 5.11 Å². The first-order chi connectivity index (χ1) is 6.56. The maximum absolute atomic E-state index is 9.88. The molecule has 0 aliphatic heterocycles. The molecule has 1 unspecified atom stereocenters. The van der Waals surface area contributed by atoms with E-state index in [1.807, 2.05) is 39.1 Å². The Balaban J connectivity index is 2.91. The van der Waals surface area contributed by atoms with Crippen molar-refractivity contribution in [3.63, 3.8) is 0 Å². The van der Waals surface area contributed by atoms with Gasteiger partial charge in [0.15, 0.2) is 0 Å². The van der Waals surface area contributed by atoms with Crippen molar-refractivity contribution in [2.75, 3.05) is 7.05 Å². The van der Waals surface area contributed by atoms with E-state index >= 15 is 0 Å². The van der Waals surface area contributed by atoms with Crippen LogP contribution in [0.15, 0.2) is 18.2 Å². The lowest BCUT2D eigenvalue weighted by atomic mass is 10.0. The second-order valence-electron chi connectivity index (χ2n) is 3.53. The standard InChI is InChI=1S/C11H16ClNO/c1-7-4-5-9(6-10(7)12)11(14)8(2)13-3/h4-6,8,11,13-14H,1-3H3/t8-,11?/m0/s1. The molecule has 78 valence electrons. The van der Waals surface area contributed by atoms with Gasteiger partial charge < -0.3 is 10.4 Å². The van der Waals surface area contributed by atoms with Crippen molar-refractivity contribution in [1.82, 2.24) is 5.32 Å². The van der Waals surface area contributed by atoms with Crippen LogP contribution in [0.25, 0.3) is 0 Å². The molecule has 0 aliphatic carbocycles. The van der Waals surface area contributed by atoms with Crippen LogP contribution in [0, 0.1) is 6.92 Å². The van der Waals surface area contributed by atoms with Crippen molar-refractivity contribution >= 4 is 11.6 Å². The van der Waals surface area contributed by atoms with Gasteiger partial charge in [0.1, 0.15) is 0 Å². The average Bonchev–Trinajstić information content (AvgIpc) is 2.20. The zero-order chi connectivity index (χ0) is 10.7. The molecule has 0 bridgehead atoms. The zero-order valence-electron chi connectivity index (χ0n) is 8.71. The summed E-state index contributed by atoms with van der Waals surface area (Å²) in [6.45, 7) is 3.87. The third-order valence-electron chi connectivity index (χ3n) is 2.47. The van der Waals surface area contributed by atoms with E-state index in [4.69, 9.17) is 11.6 Å². The number of rotatable bonds is 3. The molecular weight excluding hydrogens is 198 g/mol. The molecule has 1 aromatic carbocycles. The number of hydrogen-bond acceptors (Lipinski definition) is 2. The molecule has 0 saturated carbocycles. The molecule has 2 atom stereocenters. The third kappa shape index (κ3) is 2.47.